The lowest BCUT2D eigenvalue weighted by atomic mass is 10.1. The van der Waals surface area contributed by atoms with Crippen LogP contribution >= 0.6 is 0 Å². The summed E-state index contributed by atoms with van der Waals surface area (Å²) in [5.74, 6) is 0.357. The lowest BCUT2D eigenvalue weighted by Crippen LogP contribution is -2.14. The highest BCUT2D eigenvalue weighted by atomic mass is 16.6. The van der Waals surface area contributed by atoms with Gasteiger partial charge in [-0.25, -0.2) is 9.78 Å². The summed E-state index contributed by atoms with van der Waals surface area (Å²) in [5, 5.41) is 2.90. The molecule has 1 N–H and O–H groups in total. The largest absolute Gasteiger partial charge is 0.487 e. The Morgan fingerprint density at radius 2 is 1.79 bits per heavy atom. The van der Waals surface area contributed by atoms with Crippen LogP contribution in [0.2, 0.25) is 0 Å². The topological polar surface area (TPSA) is 91.2 Å². The number of aromatic nitrogens is 2. The summed E-state index contributed by atoms with van der Waals surface area (Å²) in [5.41, 5.74) is 4.70. The third-order valence-corrected chi connectivity index (χ3v) is 5.16. The lowest BCUT2D eigenvalue weighted by Gasteiger charge is -2.12. The molecule has 0 aliphatic rings. The zero-order valence-electron chi connectivity index (χ0n) is 19.2. The highest BCUT2D eigenvalue weighted by molar-refractivity contribution is 6.04. The van der Waals surface area contributed by atoms with Crippen LogP contribution in [0.1, 0.15) is 27.2 Å². The third-order valence-electron chi connectivity index (χ3n) is 5.16. The number of methoxy groups -OCH3 is 1. The maximum Gasteiger partial charge on any atom is 0.343 e. The highest BCUT2D eigenvalue weighted by Gasteiger charge is 2.11. The number of hydrogen-bond acceptors (Lipinski definition) is 6. The second-order valence-electron chi connectivity index (χ2n) is 7.82. The second kappa shape index (κ2) is 10.1. The Kier molecular flexibility index (Phi) is 6.77. The van der Waals surface area contributed by atoms with Crippen LogP contribution < -0.4 is 14.8 Å². The van der Waals surface area contributed by atoms with Crippen LogP contribution in [-0.2, 0) is 16.1 Å². The number of amides is 1. The molecular formula is C26H25N3O5. The number of hydrogen-bond donors (Lipinski definition) is 1. The number of ether oxygens (including phenoxy) is 3. The lowest BCUT2D eigenvalue weighted by molar-refractivity contribution is -0.142. The minimum Gasteiger partial charge on any atom is -0.487 e. The van der Waals surface area contributed by atoms with Crippen molar-refractivity contribution in [2.75, 3.05) is 19.0 Å². The number of carbonyl (C=O) groups is 2. The Bertz CT molecular complexity index is 1350. The Morgan fingerprint density at radius 1 is 0.971 bits per heavy atom. The molecule has 8 heteroatoms. The van der Waals surface area contributed by atoms with Gasteiger partial charge in [0.2, 0.25) is 0 Å². The number of rotatable bonds is 8. The van der Waals surface area contributed by atoms with Crippen molar-refractivity contribution in [2.45, 2.75) is 20.5 Å². The molecule has 0 saturated heterocycles. The second-order valence-corrected chi connectivity index (χ2v) is 7.82. The van der Waals surface area contributed by atoms with Gasteiger partial charge in [0, 0.05) is 23.6 Å². The SMILES string of the molecule is COC(=O)COc1ccc(NC(=O)c2cccc(OCc3cn4cc(C)ccc4n3)c2)c(C)c1. The smallest absolute Gasteiger partial charge is 0.343 e. The van der Waals surface area contributed by atoms with Crippen molar-refractivity contribution in [3.05, 3.63) is 89.4 Å². The maximum absolute atomic E-state index is 12.8. The van der Waals surface area contributed by atoms with Crippen LogP contribution in [0.4, 0.5) is 5.69 Å². The molecule has 174 valence electrons. The van der Waals surface area contributed by atoms with Gasteiger partial charge in [0.05, 0.1) is 12.8 Å². The average molecular weight is 460 g/mol. The van der Waals surface area contributed by atoms with E-state index in [1.165, 1.54) is 7.11 Å². The van der Waals surface area contributed by atoms with Gasteiger partial charge < -0.3 is 23.9 Å². The van der Waals surface area contributed by atoms with Gasteiger partial charge in [-0.05, 0) is 67.4 Å². The van der Waals surface area contributed by atoms with Crippen LogP contribution in [0.25, 0.3) is 5.65 Å². The van der Waals surface area contributed by atoms with Crippen molar-refractivity contribution >= 4 is 23.2 Å². The van der Waals surface area contributed by atoms with Gasteiger partial charge in [-0.1, -0.05) is 12.1 Å². The third kappa shape index (κ3) is 5.53. The van der Waals surface area contributed by atoms with Gasteiger partial charge in [-0.2, -0.15) is 0 Å². The van der Waals surface area contributed by atoms with Crippen molar-refractivity contribution in [1.82, 2.24) is 9.38 Å². The van der Waals surface area contributed by atoms with Crippen LogP contribution in [-0.4, -0.2) is 35.0 Å². The number of nitrogens with zero attached hydrogens (tertiary/aromatic N) is 2. The summed E-state index contributed by atoms with van der Waals surface area (Å²) >= 11 is 0. The molecule has 2 aromatic carbocycles. The maximum atomic E-state index is 12.8. The molecule has 0 aliphatic carbocycles. The van der Waals surface area contributed by atoms with E-state index in [4.69, 9.17) is 9.47 Å². The molecule has 34 heavy (non-hydrogen) atoms. The van der Waals surface area contributed by atoms with Crippen molar-refractivity contribution in [2.24, 2.45) is 0 Å². The Hall–Kier alpha value is -4.33. The van der Waals surface area contributed by atoms with Crippen molar-refractivity contribution in [1.29, 1.82) is 0 Å². The fourth-order valence-electron chi connectivity index (χ4n) is 3.37. The first-order valence-corrected chi connectivity index (χ1v) is 10.7. The van der Waals surface area contributed by atoms with Gasteiger partial charge in [0.25, 0.3) is 5.91 Å². The van der Waals surface area contributed by atoms with Gasteiger partial charge in [-0.15, -0.1) is 0 Å². The predicted molar refractivity (Wildman–Crippen MR) is 127 cm³/mol. The summed E-state index contributed by atoms with van der Waals surface area (Å²) in [6, 6.07) is 16.1. The summed E-state index contributed by atoms with van der Waals surface area (Å²) in [6.45, 7) is 3.98. The normalized spacial score (nSPS) is 10.7. The fraction of sp³-hybridized carbons (Fsp3) is 0.192. The number of carbonyl (C=O) groups excluding carboxylic acids is 2. The minimum atomic E-state index is -0.464. The number of pyridine rings is 1. The molecule has 0 aliphatic heterocycles. The molecule has 0 bridgehead atoms. The first-order valence-electron chi connectivity index (χ1n) is 10.7. The number of esters is 1. The van der Waals surface area contributed by atoms with Gasteiger partial charge in [-0.3, -0.25) is 4.79 Å². The number of aryl methyl sites for hydroxylation is 2. The minimum absolute atomic E-state index is 0.178. The highest BCUT2D eigenvalue weighted by Crippen LogP contribution is 2.23. The zero-order valence-corrected chi connectivity index (χ0v) is 19.2. The zero-order chi connectivity index (χ0) is 24.1. The molecule has 0 unspecified atom stereocenters. The number of imidazole rings is 1. The fourth-order valence-corrected chi connectivity index (χ4v) is 3.37. The predicted octanol–water partition coefficient (Wildman–Crippen LogP) is 4.33. The first-order chi connectivity index (χ1) is 16.4. The molecule has 0 radical (unpaired) electrons. The van der Waals surface area contributed by atoms with Gasteiger partial charge in [0.1, 0.15) is 23.8 Å². The van der Waals surface area contributed by atoms with Crippen LogP contribution in [0.3, 0.4) is 0 Å². The van der Waals surface area contributed by atoms with E-state index >= 15 is 0 Å². The van der Waals surface area contributed by atoms with E-state index in [0.717, 1.165) is 22.5 Å². The van der Waals surface area contributed by atoms with E-state index in [1.54, 1.807) is 42.5 Å². The van der Waals surface area contributed by atoms with E-state index in [1.807, 2.05) is 42.8 Å². The van der Waals surface area contributed by atoms with E-state index in [0.29, 0.717) is 22.7 Å². The van der Waals surface area contributed by atoms with E-state index in [2.05, 4.69) is 15.0 Å². The average Bonchev–Trinajstić information content (AvgIpc) is 3.24. The number of fused-ring (bicyclic) bond motifs is 1. The van der Waals surface area contributed by atoms with Crippen molar-refractivity contribution in [3.8, 4) is 11.5 Å². The Labute approximate surface area is 197 Å². The monoisotopic (exact) mass is 459 g/mol. The molecule has 2 aromatic heterocycles. The molecule has 4 aromatic rings. The summed E-state index contributed by atoms with van der Waals surface area (Å²) < 4.78 is 17.8. The molecule has 0 atom stereocenters. The molecule has 4 rings (SSSR count). The first kappa shape index (κ1) is 22.8. The summed E-state index contributed by atoms with van der Waals surface area (Å²) in [7, 11) is 1.30. The molecule has 0 spiro atoms. The molecule has 8 nitrogen and oxygen atoms in total. The molecular weight excluding hydrogens is 434 g/mol. The molecule has 0 fully saturated rings. The van der Waals surface area contributed by atoms with E-state index in [-0.39, 0.29) is 19.1 Å². The van der Waals surface area contributed by atoms with Crippen LogP contribution in [0.15, 0.2) is 67.0 Å². The van der Waals surface area contributed by atoms with Crippen LogP contribution in [0, 0.1) is 13.8 Å². The number of nitrogens with one attached hydrogen (secondary N) is 1. The number of anilines is 1. The van der Waals surface area contributed by atoms with Gasteiger partial charge >= 0.3 is 5.97 Å². The molecule has 2 heterocycles. The van der Waals surface area contributed by atoms with Crippen molar-refractivity contribution < 1.29 is 23.8 Å². The Balaban J connectivity index is 1.38. The quantitative estimate of drug-likeness (QED) is 0.394. The number of benzene rings is 2. The van der Waals surface area contributed by atoms with E-state index < -0.39 is 5.97 Å². The van der Waals surface area contributed by atoms with E-state index in [9.17, 15) is 9.59 Å². The Morgan fingerprint density at radius 3 is 2.59 bits per heavy atom. The molecule has 0 saturated carbocycles. The summed E-state index contributed by atoms with van der Waals surface area (Å²) in [4.78, 5) is 28.6. The van der Waals surface area contributed by atoms with Crippen molar-refractivity contribution in [3.63, 3.8) is 0 Å². The summed E-state index contributed by atoms with van der Waals surface area (Å²) in [6.07, 6.45) is 3.94. The van der Waals surface area contributed by atoms with Gasteiger partial charge in [0.15, 0.2) is 6.61 Å². The standard InChI is InChI=1S/C26H25N3O5/c1-17-7-10-24-27-20(14-29(24)13-17)15-33-21-6-4-5-19(12-21)26(31)28-23-9-8-22(11-18(23)2)34-16-25(30)32-3/h4-14H,15-16H2,1-3H3,(H,28,31). The molecule has 1 amide bonds. The van der Waals surface area contributed by atoms with Crippen LogP contribution in [0.5, 0.6) is 11.5 Å².